The Kier molecular flexibility index (Phi) is 5.90. The number of hydrogen-bond donors (Lipinski definition) is 0. The highest BCUT2D eigenvalue weighted by atomic mass is 16.7. The van der Waals surface area contributed by atoms with Crippen molar-refractivity contribution in [1.82, 2.24) is 0 Å². The minimum atomic E-state index is -0.476. The number of nitrogens with zero attached hydrogens (tertiary/aromatic N) is 1. The Morgan fingerprint density at radius 3 is 2.37 bits per heavy atom. The van der Waals surface area contributed by atoms with Crippen molar-refractivity contribution in [3.05, 3.63) is 101 Å². The topological polar surface area (TPSA) is 57.1 Å². The Hall–Kier alpha value is -3.86. The molecule has 0 bridgehead atoms. The summed E-state index contributed by atoms with van der Waals surface area (Å²) in [5.41, 5.74) is 3.61. The van der Waals surface area contributed by atoms with Gasteiger partial charge >= 0.3 is 5.97 Å². The molecule has 0 fully saturated rings. The van der Waals surface area contributed by atoms with Crippen molar-refractivity contribution in [2.45, 2.75) is 13.5 Å². The normalized spacial score (nSPS) is 14.4. The fourth-order valence-corrected chi connectivity index (χ4v) is 3.12. The Labute approximate surface area is 175 Å². The molecule has 0 aliphatic carbocycles. The molecule has 0 aromatic heterocycles. The average Bonchev–Trinajstić information content (AvgIpc) is 3.15. The summed E-state index contributed by atoms with van der Waals surface area (Å²) in [5, 5.41) is 3.95. The van der Waals surface area contributed by atoms with Gasteiger partial charge in [0.1, 0.15) is 12.3 Å². The third-order valence-electron chi connectivity index (χ3n) is 4.56. The van der Waals surface area contributed by atoms with Crippen LogP contribution < -0.4 is 9.47 Å². The molecule has 3 aromatic rings. The van der Waals surface area contributed by atoms with E-state index in [4.69, 9.17) is 14.3 Å². The molecule has 5 nitrogen and oxygen atoms in total. The third kappa shape index (κ3) is 4.41. The monoisotopic (exact) mass is 399 g/mol. The lowest BCUT2D eigenvalue weighted by atomic mass is 10.0. The quantitative estimate of drug-likeness (QED) is 0.414. The van der Waals surface area contributed by atoms with Gasteiger partial charge in [0.2, 0.25) is 0 Å². The summed E-state index contributed by atoms with van der Waals surface area (Å²) in [6.07, 6.45) is 1.75. The average molecular weight is 399 g/mol. The van der Waals surface area contributed by atoms with E-state index in [1.54, 1.807) is 6.08 Å². The van der Waals surface area contributed by atoms with Gasteiger partial charge in [-0.1, -0.05) is 71.9 Å². The summed E-state index contributed by atoms with van der Waals surface area (Å²) in [6, 6.07) is 25.0. The molecule has 0 atom stereocenters. The first kappa shape index (κ1) is 19.5. The number of benzene rings is 3. The maximum Gasteiger partial charge on any atom is 0.368 e. The number of oxime groups is 1. The molecule has 4 rings (SSSR count). The van der Waals surface area contributed by atoms with E-state index in [9.17, 15) is 4.79 Å². The summed E-state index contributed by atoms with van der Waals surface area (Å²) < 4.78 is 11.7. The van der Waals surface area contributed by atoms with Gasteiger partial charge in [0.05, 0.1) is 12.2 Å². The lowest BCUT2D eigenvalue weighted by Crippen LogP contribution is -2.06. The van der Waals surface area contributed by atoms with Crippen molar-refractivity contribution in [2.75, 3.05) is 6.61 Å². The van der Waals surface area contributed by atoms with E-state index in [1.165, 1.54) is 0 Å². The molecule has 0 unspecified atom stereocenters. The van der Waals surface area contributed by atoms with Gasteiger partial charge in [-0.2, -0.15) is 0 Å². The van der Waals surface area contributed by atoms with Crippen LogP contribution in [0.5, 0.6) is 11.5 Å². The van der Waals surface area contributed by atoms with Gasteiger partial charge < -0.3 is 14.3 Å². The lowest BCUT2D eigenvalue weighted by molar-refractivity contribution is -0.136. The zero-order chi connectivity index (χ0) is 20.8. The van der Waals surface area contributed by atoms with Crippen LogP contribution in [0.15, 0.2) is 89.6 Å². The molecule has 0 saturated carbocycles. The van der Waals surface area contributed by atoms with E-state index in [-0.39, 0.29) is 0 Å². The Morgan fingerprint density at radius 2 is 1.63 bits per heavy atom. The van der Waals surface area contributed by atoms with E-state index >= 15 is 0 Å². The predicted octanol–water partition coefficient (Wildman–Crippen LogP) is 5.01. The molecule has 1 aliphatic rings. The van der Waals surface area contributed by atoms with Crippen LogP contribution in [0.3, 0.4) is 0 Å². The molecular weight excluding hydrogens is 378 g/mol. The fraction of sp³-hybridized carbons (Fsp3) is 0.120. The zero-order valence-electron chi connectivity index (χ0n) is 16.6. The number of hydrogen-bond acceptors (Lipinski definition) is 5. The first-order valence-corrected chi connectivity index (χ1v) is 9.75. The molecule has 0 spiro atoms. The van der Waals surface area contributed by atoms with Crippen molar-refractivity contribution >= 4 is 17.8 Å². The largest absolute Gasteiger partial charge is 0.490 e. The van der Waals surface area contributed by atoms with Gasteiger partial charge in [0.15, 0.2) is 11.5 Å². The SMILES string of the molecule is CCOc1cc(C=C2C(=O)ON=C2c2ccccc2)ccc1OCc1ccccc1. The van der Waals surface area contributed by atoms with Gasteiger partial charge in [-0.15, -0.1) is 0 Å². The number of carbonyl (C=O) groups is 1. The highest BCUT2D eigenvalue weighted by Gasteiger charge is 2.26. The molecule has 3 aromatic carbocycles. The van der Waals surface area contributed by atoms with Crippen LogP contribution in [0.2, 0.25) is 0 Å². The number of ether oxygens (including phenoxy) is 2. The van der Waals surface area contributed by atoms with E-state index < -0.39 is 5.97 Å². The smallest absolute Gasteiger partial charge is 0.368 e. The second-order valence-corrected chi connectivity index (χ2v) is 6.66. The van der Waals surface area contributed by atoms with E-state index in [2.05, 4.69) is 5.16 Å². The maximum absolute atomic E-state index is 12.2. The van der Waals surface area contributed by atoms with Crippen LogP contribution in [-0.4, -0.2) is 18.3 Å². The number of carbonyl (C=O) groups excluding carboxylic acids is 1. The minimum absolute atomic E-state index is 0.404. The van der Waals surface area contributed by atoms with Crippen LogP contribution in [0.1, 0.15) is 23.6 Å². The maximum atomic E-state index is 12.2. The number of rotatable bonds is 7. The molecule has 1 aliphatic heterocycles. The lowest BCUT2D eigenvalue weighted by Gasteiger charge is -2.13. The summed E-state index contributed by atoms with van der Waals surface area (Å²) in [6.45, 7) is 2.86. The molecule has 0 radical (unpaired) electrons. The van der Waals surface area contributed by atoms with E-state index in [0.717, 1.165) is 16.7 Å². The molecule has 5 heteroatoms. The first-order valence-electron chi connectivity index (χ1n) is 9.75. The summed E-state index contributed by atoms with van der Waals surface area (Å²) >= 11 is 0. The van der Waals surface area contributed by atoms with Crippen molar-refractivity contribution in [1.29, 1.82) is 0 Å². The summed E-state index contributed by atoms with van der Waals surface area (Å²) in [7, 11) is 0. The van der Waals surface area contributed by atoms with Crippen LogP contribution in [0.25, 0.3) is 6.08 Å². The van der Waals surface area contributed by atoms with Gasteiger partial charge in [0.25, 0.3) is 0 Å². The second-order valence-electron chi connectivity index (χ2n) is 6.66. The van der Waals surface area contributed by atoms with Crippen LogP contribution >= 0.6 is 0 Å². The predicted molar refractivity (Wildman–Crippen MR) is 115 cm³/mol. The van der Waals surface area contributed by atoms with Gasteiger partial charge in [-0.05, 0) is 36.3 Å². The van der Waals surface area contributed by atoms with Crippen LogP contribution in [0, 0.1) is 0 Å². The molecular formula is C25H21NO4. The fourth-order valence-electron chi connectivity index (χ4n) is 3.12. The van der Waals surface area contributed by atoms with Crippen molar-refractivity contribution in [3.8, 4) is 11.5 Å². The van der Waals surface area contributed by atoms with Crippen molar-refractivity contribution in [2.24, 2.45) is 5.16 Å². The standard InChI is InChI=1S/C25H21NO4/c1-2-28-23-16-19(13-14-22(23)29-17-18-9-5-3-6-10-18)15-21-24(26-30-25(21)27)20-11-7-4-8-12-20/h3-16H,2,17H2,1H3. The first-order chi connectivity index (χ1) is 14.7. The van der Waals surface area contributed by atoms with Gasteiger partial charge in [-0.25, -0.2) is 4.79 Å². The molecule has 0 N–H and O–H groups in total. The summed E-state index contributed by atoms with van der Waals surface area (Å²) in [4.78, 5) is 17.2. The Balaban J connectivity index is 1.60. The third-order valence-corrected chi connectivity index (χ3v) is 4.56. The summed E-state index contributed by atoms with van der Waals surface area (Å²) in [5.74, 6) is 0.789. The molecule has 1 heterocycles. The van der Waals surface area contributed by atoms with Gasteiger partial charge in [0, 0.05) is 5.56 Å². The van der Waals surface area contributed by atoms with Crippen molar-refractivity contribution < 1.29 is 19.1 Å². The minimum Gasteiger partial charge on any atom is -0.490 e. The molecule has 30 heavy (non-hydrogen) atoms. The molecule has 0 saturated heterocycles. The van der Waals surface area contributed by atoms with Crippen molar-refractivity contribution in [3.63, 3.8) is 0 Å². The second kappa shape index (κ2) is 9.09. The molecule has 150 valence electrons. The molecule has 0 amide bonds. The highest BCUT2D eigenvalue weighted by molar-refractivity contribution is 6.31. The van der Waals surface area contributed by atoms with Crippen LogP contribution in [0.4, 0.5) is 0 Å². The Bertz CT molecular complexity index is 1090. The highest BCUT2D eigenvalue weighted by Crippen LogP contribution is 2.31. The zero-order valence-corrected chi connectivity index (χ0v) is 16.6. The van der Waals surface area contributed by atoms with Crippen LogP contribution in [-0.2, 0) is 16.2 Å². The van der Waals surface area contributed by atoms with E-state index in [0.29, 0.717) is 36.0 Å². The Morgan fingerprint density at radius 1 is 0.900 bits per heavy atom. The van der Waals surface area contributed by atoms with E-state index in [1.807, 2.05) is 85.8 Å². The van der Waals surface area contributed by atoms with Gasteiger partial charge in [-0.3, -0.25) is 0 Å².